The predicted molar refractivity (Wildman–Crippen MR) is 78.4 cm³/mol. The summed E-state index contributed by atoms with van der Waals surface area (Å²) in [6.45, 7) is 10.7. The van der Waals surface area contributed by atoms with Crippen LogP contribution in [0.25, 0.3) is 0 Å². The van der Waals surface area contributed by atoms with Crippen LogP contribution < -0.4 is 0 Å². The molecule has 0 rings (SSSR count). The molecule has 0 radical (unpaired) electrons. The van der Waals surface area contributed by atoms with Crippen molar-refractivity contribution < 1.29 is 9.59 Å². The van der Waals surface area contributed by atoms with Crippen LogP contribution in [0.1, 0.15) is 26.7 Å². The Balaban J connectivity index is 5.10. The average molecular weight is 288 g/mol. The maximum Gasteiger partial charge on any atom is 0.250 e. The normalized spacial score (nSPS) is 9.14. The first-order valence-electron chi connectivity index (χ1n) is 6.48. The molecule has 112 valence electrons. The van der Waals surface area contributed by atoms with Gasteiger partial charge in [0.25, 0.3) is 0 Å². The minimum absolute atomic E-state index is 0.0146. The first-order valence-corrected chi connectivity index (χ1v) is 6.48. The van der Waals surface area contributed by atoms with Crippen molar-refractivity contribution in [3.8, 4) is 12.1 Å². The van der Waals surface area contributed by atoms with Crippen molar-refractivity contribution in [2.45, 2.75) is 26.7 Å². The van der Waals surface area contributed by atoms with Crippen molar-refractivity contribution in [2.75, 3.05) is 19.8 Å². The molecule has 0 aliphatic carbocycles. The fraction of sp³-hybridized carbons (Fsp3) is 0.467. The van der Waals surface area contributed by atoms with Crippen LogP contribution in [0.2, 0.25) is 0 Å². The summed E-state index contributed by atoms with van der Waals surface area (Å²) in [6, 6.07) is 3.93. The zero-order valence-corrected chi connectivity index (χ0v) is 12.6. The summed E-state index contributed by atoms with van der Waals surface area (Å²) in [7, 11) is 0. The van der Waals surface area contributed by atoms with E-state index in [1.165, 1.54) is 9.80 Å². The van der Waals surface area contributed by atoms with Gasteiger partial charge in [-0.05, 0) is 13.8 Å². The number of nitriles is 2. The molecule has 21 heavy (non-hydrogen) atoms. The van der Waals surface area contributed by atoms with Gasteiger partial charge in [0.1, 0.15) is 0 Å². The molecule has 0 saturated heterocycles. The standard InChI is InChI=1S/C15H20N4O2/c1-12(2)14(20)18(9-5-7-16)11-19(10-6-8-17)15(21)13(3)4/h1,3,5-6,9-11H2,2,4H3. The van der Waals surface area contributed by atoms with Gasteiger partial charge in [-0.15, -0.1) is 0 Å². The molecule has 6 heteroatoms. The summed E-state index contributed by atoms with van der Waals surface area (Å²) in [5, 5.41) is 17.3. The average Bonchev–Trinajstić information content (AvgIpc) is 2.44. The van der Waals surface area contributed by atoms with Gasteiger partial charge in [0.15, 0.2) is 0 Å². The smallest absolute Gasteiger partial charge is 0.250 e. The Morgan fingerprint density at radius 3 is 1.48 bits per heavy atom. The Labute approximate surface area is 125 Å². The first kappa shape index (κ1) is 18.4. The molecule has 0 fully saturated rings. The molecule has 0 saturated carbocycles. The molecule has 6 nitrogen and oxygen atoms in total. The number of nitrogens with zero attached hydrogens (tertiary/aromatic N) is 4. The molecule has 0 atom stereocenters. The van der Waals surface area contributed by atoms with Gasteiger partial charge in [0.05, 0.1) is 31.6 Å². The Kier molecular flexibility index (Phi) is 8.17. The molecule has 0 heterocycles. The van der Waals surface area contributed by atoms with Gasteiger partial charge >= 0.3 is 0 Å². The van der Waals surface area contributed by atoms with E-state index in [1.807, 2.05) is 12.1 Å². The molecule has 0 aliphatic rings. The number of rotatable bonds is 8. The lowest BCUT2D eigenvalue weighted by Gasteiger charge is -2.30. The second-order valence-electron chi connectivity index (χ2n) is 4.66. The lowest BCUT2D eigenvalue weighted by atomic mass is 10.2. The first-order chi connectivity index (χ1) is 9.84. The summed E-state index contributed by atoms with van der Waals surface area (Å²) in [5.74, 6) is -0.636. The molecule has 0 aromatic rings. The van der Waals surface area contributed by atoms with Crippen molar-refractivity contribution in [1.82, 2.24) is 9.80 Å². The maximum atomic E-state index is 12.0. The SMILES string of the molecule is C=C(C)C(=O)N(CCC#N)CN(CCC#N)C(=O)C(=C)C. The molecule has 0 bridgehead atoms. The fourth-order valence-electron chi connectivity index (χ4n) is 1.59. The van der Waals surface area contributed by atoms with E-state index >= 15 is 0 Å². The minimum Gasteiger partial charge on any atom is -0.320 e. The number of hydrogen-bond acceptors (Lipinski definition) is 4. The third-order valence-electron chi connectivity index (χ3n) is 2.63. The zero-order chi connectivity index (χ0) is 16.4. The molecule has 0 spiro atoms. The fourth-order valence-corrected chi connectivity index (χ4v) is 1.59. The molecule has 0 aliphatic heterocycles. The third-order valence-corrected chi connectivity index (χ3v) is 2.63. The third kappa shape index (κ3) is 6.40. The van der Waals surface area contributed by atoms with Crippen molar-refractivity contribution >= 4 is 11.8 Å². The molecule has 0 N–H and O–H groups in total. The van der Waals surface area contributed by atoms with Crippen molar-refractivity contribution in [2.24, 2.45) is 0 Å². The highest BCUT2D eigenvalue weighted by Gasteiger charge is 2.21. The Hall–Kier alpha value is -2.60. The van der Waals surface area contributed by atoms with Gasteiger partial charge in [0, 0.05) is 24.2 Å². The van der Waals surface area contributed by atoms with Crippen LogP contribution in [0.15, 0.2) is 24.3 Å². The second-order valence-corrected chi connectivity index (χ2v) is 4.66. The molecular formula is C15H20N4O2. The molecule has 2 amide bonds. The van der Waals surface area contributed by atoms with Crippen molar-refractivity contribution in [3.05, 3.63) is 24.3 Å². The number of hydrogen-bond donors (Lipinski definition) is 0. The highest BCUT2D eigenvalue weighted by molar-refractivity contribution is 5.94. The van der Waals surface area contributed by atoms with Crippen LogP contribution in [-0.2, 0) is 9.59 Å². The minimum atomic E-state index is -0.318. The van der Waals surface area contributed by atoms with Gasteiger partial charge in [0.2, 0.25) is 11.8 Å². The van der Waals surface area contributed by atoms with Crippen LogP contribution in [0, 0.1) is 22.7 Å². The number of carbonyl (C=O) groups is 2. The van der Waals surface area contributed by atoms with Crippen LogP contribution >= 0.6 is 0 Å². The zero-order valence-electron chi connectivity index (χ0n) is 12.6. The molecule has 0 aromatic heterocycles. The van der Waals surface area contributed by atoms with Crippen LogP contribution in [0.4, 0.5) is 0 Å². The van der Waals surface area contributed by atoms with E-state index in [2.05, 4.69) is 13.2 Å². The number of carbonyl (C=O) groups excluding carboxylic acids is 2. The highest BCUT2D eigenvalue weighted by Crippen LogP contribution is 2.07. The van der Waals surface area contributed by atoms with E-state index in [-0.39, 0.29) is 44.4 Å². The topological polar surface area (TPSA) is 88.2 Å². The molecule has 0 unspecified atom stereocenters. The second kappa shape index (κ2) is 9.33. The summed E-state index contributed by atoms with van der Waals surface area (Å²) < 4.78 is 0. The summed E-state index contributed by atoms with van der Waals surface area (Å²) in [4.78, 5) is 26.8. The summed E-state index contributed by atoms with van der Waals surface area (Å²) in [6.07, 6.45) is 0.318. The largest absolute Gasteiger partial charge is 0.320 e. The van der Waals surface area contributed by atoms with Crippen molar-refractivity contribution in [3.63, 3.8) is 0 Å². The van der Waals surface area contributed by atoms with E-state index < -0.39 is 0 Å². The highest BCUT2D eigenvalue weighted by atomic mass is 16.2. The lowest BCUT2D eigenvalue weighted by molar-refractivity contribution is -0.135. The number of amides is 2. The van der Waals surface area contributed by atoms with Crippen LogP contribution in [0.3, 0.4) is 0 Å². The van der Waals surface area contributed by atoms with E-state index in [4.69, 9.17) is 10.5 Å². The van der Waals surface area contributed by atoms with Gasteiger partial charge in [-0.3, -0.25) is 9.59 Å². The van der Waals surface area contributed by atoms with E-state index in [0.29, 0.717) is 11.1 Å². The van der Waals surface area contributed by atoms with Crippen molar-refractivity contribution in [1.29, 1.82) is 10.5 Å². The summed E-state index contributed by atoms with van der Waals surface area (Å²) in [5.41, 5.74) is 0.659. The molecule has 0 aromatic carbocycles. The van der Waals surface area contributed by atoms with Crippen LogP contribution in [0.5, 0.6) is 0 Å². The van der Waals surface area contributed by atoms with E-state index in [0.717, 1.165) is 0 Å². The predicted octanol–water partition coefficient (Wildman–Crippen LogP) is 1.58. The van der Waals surface area contributed by atoms with Gasteiger partial charge in [-0.1, -0.05) is 13.2 Å². The van der Waals surface area contributed by atoms with E-state index in [9.17, 15) is 9.59 Å². The quantitative estimate of drug-likeness (QED) is 0.501. The van der Waals surface area contributed by atoms with Crippen LogP contribution in [-0.4, -0.2) is 41.4 Å². The monoisotopic (exact) mass is 288 g/mol. The van der Waals surface area contributed by atoms with E-state index in [1.54, 1.807) is 13.8 Å². The van der Waals surface area contributed by atoms with Gasteiger partial charge in [-0.25, -0.2) is 0 Å². The van der Waals surface area contributed by atoms with Gasteiger partial charge < -0.3 is 9.80 Å². The Bertz CT molecular complexity index is 465. The maximum absolute atomic E-state index is 12.0. The Morgan fingerprint density at radius 1 is 0.905 bits per heavy atom. The lowest BCUT2D eigenvalue weighted by Crippen LogP contribution is -2.45. The molecular weight excluding hydrogens is 268 g/mol. The Morgan fingerprint density at radius 2 is 1.24 bits per heavy atom. The summed E-state index contributed by atoms with van der Waals surface area (Å²) >= 11 is 0. The van der Waals surface area contributed by atoms with Gasteiger partial charge in [-0.2, -0.15) is 10.5 Å².